The van der Waals surface area contributed by atoms with Gasteiger partial charge in [0, 0.05) is 12.6 Å². The third kappa shape index (κ3) is 6.75. The normalized spacial score (nSPS) is 14.1. The Morgan fingerprint density at radius 1 is 1.15 bits per heavy atom. The van der Waals surface area contributed by atoms with E-state index in [1.165, 1.54) is 4.90 Å². The summed E-state index contributed by atoms with van der Waals surface area (Å²) in [5.74, 6) is -0.879. The van der Waals surface area contributed by atoms with Crippen molar-refractivity contribution in [1.29, 1.82) is 0 Å². The largest absolute Gasteiger partial charge is 0.494 e. The number of aryl methyl sites for hydroxylation is 1. The number of carbonyl (C=O) groups is 3. The van der Waals surface area contributed by atoms with E-state index in [0.717, 1.165) is 48.3 Å². The van der Waals surface area contributed by atoms with Gasteiger partial charge in [0.1, 0.15) is 16.7 Å². The Morgan fingerprint density at radius 3 is 2.49 bits per heavy atom. The Hall–Kier alpha value is -3.92. The maximum absolute atomic E-state index is 14.1. The number of benzene rings is 2. The zero-order chi connectivity index (χ0) is 27.9. The highest BCUT2D eigenvalue weighted by atomic mass is 32.1. The molecule has 2 aromatic carbocycles. The number of ether oxygens (including phenoxy) is 1. The number of nitrogens with one attached hydrogen (secondary N) is 1. The van der Waals surface area contributed by atoms with Crippen LogP contribution in [0.4, 0.5) is 5.69 Å². The second kappa shape index (κ2) is 12.8. The fraction of sp³-hybridized carbons (Fsp3) is 0.379. The van der Waals surface area contributed by atoms with Crippen LogP contribution in [0.5, 0.6) is 5.75 Å². The van der Waals surface area contributed by atoms with Crippen LogP contribution < -0.4 is 21.5 Å². The van der Waals surface area contributed by atoms with E-state index in [4.69, 9.17) is 16.2 Å². The number of rotatable bonds is 11. The van der Waals surface area contributed by atoms with Crippen molar-refractivity contribution in [2.75, 3.05) is 18.9 Å². The molecule has 0 radical (unpaired) electrons. The molecule has 1 aliphatic rings. The van der Waals surface area contributed by atoms with Gasteiger partial charge in [-0.3, -0.25) is 14.4 Å². The lowest BCUT2D eigenvalue weighted by atomic mass is 10.0. The van der Waals surface area contributed by atoms with E-state index in [0.29, 0.717) is 24.3 Å². The third-order valence-electron chi connectivity index (χ3n) is 6.91. The van der Waals surface area contributed by atoms with E-state index in [2.05, 4.69) is 15.8 Å². The lowest BCUT2D eigenvalue weighted by Crippen LogP contribution is -2.46. The highest BCUT2D eigenvalue weighted by molar-refractivity contribution is 7.09. The molecule has 0 saturated heterocycles. The summed E-state index contributed by atoms with van der Waals surface area (Å²) < 4.78 is 9.61. The lowest BCUT2D eigenvalue weighted by molar-refractivity contribution is -0.126. The van der Waals surface area contributed by atoms with E-state index >= 15 is 0 Å². The first-order valence-electron chi connectivity index (χ1n) is 13.2. The second-order valence-corrected chi connectivity index (χ2v) is 10.5. The molecule has 1 atom stereocenters. The fourth-order valence-corrected chi connectivity index (χ4v) is 5.72. The predicted octanol–water partition coefficient (Wildman–Crippen LogP) is 4.02. The van der Waals surface area contributed by atoms with Crippen LogP contribution in [0.1, 0.15) is 75.5 Å². The van der Waals surface area contributed by atoms with Gasteiger partial charge in [0.2, 0.25) is 5.91 Å². The van der Waals surface area contributed by atoms with E-state index in [-0.39, 0.29) is 34.8 Å². The van der Waals surface area contributed by atoms with Crippen molar-refractivity contribution in [1.82, 2.24) is 14.6 Å². The van der Waals surface area contributed by atoms with Crippen molar-refractivity contribution in [2.24, 2.45) is 5.73 Å². The molecule has 0 bridgehead atoms. The Morgan fingerprint density at radius 2 is 1.87 bits per heavy atom. The van der Waals surface area contributed by atoms with E-state index in [1.807, 2.05) is 44.2 Å². The number of aromatic nitrogens is 1. The van der Waals surface area contributed by atoms with E-state index < -0.39 is 17.9 Å². The van der Waals surface area contributed by atoms with Crippen molar-refractivity contribution in [3.05, 3.63) is 75.8 Å². The number of nitrogen functional groups attached to an aromatic ring is 1. The van der Waals surface area contributed by atoms with Crippen LogP contribution in [0.3, 0.4) is 0 Å². The molecular weight excluding hydrogens is 514 g/mol. The van der Waals surface area contributed by atoms with Crippen LogP contribution in [-0.2, 0) is 11.2 Å². The SMILES string of the molecule is CCOc1ccc(C(C(=O)NC2CCCC2)N(CCc2cccc(C)c2)C(=O)c2snc(C(N)=O)c2N)cc1. The first-order valence-corrected chi connectivity index (χ1v) is 14.0. The van der Waals surface area contributed by atoms with Gasteiger partial charge in [-0.05, 0) is 67.9 Å². The molecule has 1 saturated carbocycles. The standard InChI is InChI=1S/C29H35N5O4S/c1-3-38-22-13-11-20(12-14-22)25(28(36)32-21-9-4-5-10-21)34(16-15-19-8-6-7-18(2)17-19)29(37)26-23(30)24(27(31)35)33-39-26/h6-8,11-14,17,21,25H,3-5,9-10,15-16,30H2,1-2H3,(H2,31,35)(H,32,36). The number of anilines is 1. The van der Waals surface area contributed by atoms with Crippen molar-refractivity contribution in [2.45, 2.75) is 58.0 Å². The molecule has 1 aliphatic carbocycles. The van der Waals surface area contributed by atoms with Crippen LogP contribution in [0.2, 0.25) is 0 Å². The summed E-state index contributed by atoms with van der Waals surface area (Å²) in [6.45, 7) is 4.66. The van der Waals surface area contributed by atoms with Gasteiger partial charge in [0.05, 0.1) is 12.3 Å². The molecule has 0 aliphatic heterocycles. The quantitative estimate of drug-likeness (QED) is 0.330. The molecule has 39 heavy (non-hydrogen) atoms. The number of primary amides is 1. The van der Waals surface area contributed by atoms with Crippen LogP contribution >= 0.6 is 11.5 Å². The molecule has 5 N–H and O–H groups in total. The minimum atomic E-state index is -0.933. The molecule has 1 heterocycles. The van der Waals surface area contributed by atoms with Crippen LogP contribution in [-0.4, -0.2) is 46.2 Å². The molecule has 4 rings (SSSR count). The minimum absolute atomic E-state index is 0.0614. The van der Waals surface area contributed by atoms with Crippen molar-refractivity contribution >= 4 is 34.9 Å². The van der Waals surface area contributed by atoms with Crippen molar-refractivity contribution in [3.8, 4) is 5.75 Å². The maximum Gasteiger partial charge on any atom is 0.270 e. The Balaban J connectivity index is 1.75. The van der Waals surface area contributed by atoms with Gasteiger partial charge in [0.15, 0.2) is 5.69 Å². The lowest BCUT2D eigenvalue weighted by Gasteiger charge is -2.32. The van der Waals surface area contributed by atoms with Gasteiger partial charge in [-0.25, -0.2) is 0 Å². The van der Waals surface area contributed by atoms with Gasteiger partial charge < -0.3 is 26.4 Å². The first-order chi connectivity index (χ1) is 18.8. The average Bonchev–Trinajstić information content (AvgIpc) is 3.56. The predicted molar refractivity (Wildman–Crippen MR) is 152 cm³/mol. The molecule has 3 amide bonds. The minimum Gasteiger partial charge on any atom is -0.494 e. The van der Waals surface area contributed by atoms with Gasteiger partial charge in [-0.15, -0.1) is 0 Å². The third-order valence-corrected chi connectivity index (χ3v) is 7.76. The van der Waals surface area contributed by atoms with Gasteiger partial charge >= 0.3 is 0 Å². The molecule has 0 spiro atoms. The summed E-state index contributed by atoms with van der Waals surface area (Å²) >= 11 is 0.813. The molecule has 206 valence electrons. The van der Waals surface area contributed by atoms with Gasteiger partial charge in [0.25, 0.3) is 11.8 Å². The number of hydrogen-bond acceptors (Lipinski definition) is 7. The van der Waals surface area contributed by atoms with Crippen molar-refractivity contribution in [3.63, 3.8) is 0 Å². The molecule has 1 unspecified atom stereocenters. The summed E-state index contributed by atoms with van der Waals surface area (Å²) in [4.78, 5) is 41.4. The zero-order valence-corrected chi connectivity index (χ0v) is 23.1. The Bertz CT molecular complexity index is 1320. The highest BCUT2D eigenvalue weighted by Crippen LogP contribution is 2.31. The van der Waals surface area contributed by atoms with Crippen LogP contribution in [0.15, 0.2) is 48.5 Å². The highest BCUT2D eigenvalue weighted by Gasteiger charge is 2.35. The summed E-state index contributed by atoms with van der Waals surface area (Å²) in [5, 5.41) is 3.17. The summed E-state index contributed by atoms with van der Waals surface area (Å²) in [6.07, 6.45) is 4.44. The van der Waals surface area contributed by atoms with Crippen molar-refractivity contribution < 1.29 is 19.1 Å². The van der Waals surface area contributed by atoms with E-state index in [1.54, 1.807) is 12.1 Å². The fourth-order valence-electron chi connectivity index (χ4n) is 4.96. The van der Waals surface area contributed by atoms with E-state index in [9.17, 15) is 14.4 Å². The maximum atomic E-state index is 14.1. The molecular formula is C29H35N5O4S. The number of hydrogen-bond donors (Lipinski definition) is 3. The Labute approximate surface area is 232 Å². The van der Waals surface area contributed by atoms with Crippen LogP contribution in [0.25, 0.3) is 0 Å². The monoisotopic (exact) mass is 549 g/mol. The smallest absolute Gasteiger partial charge is 0.270 e. The topological polar surface area (TPSA) is 141 Å². The summed E-state index contributed by atoms with van der Waals surface area (Å²) in [6, 6.07) is 14.4. The van der Waals surface area contributed by atoms with Crippen LogP contribution in [0, 0.1) is 6.92 Å². The molecule has 1 aromatic heterocycles. The average molecular weight is 550 g/mol. The zero-order valence-electron chi connectivity index (χ0n) is 22.3. The second-order valence-electron chi connectivity index (χ2n) is 9.77. The summed E-state index contributed by atoms with van der Waals surface area (Å²) in [7, 11) is 0. The molecule has 10 heteroatoms. The number of nitrogens with zero attached hydrogens (tertiary/aromatic N) is 2. The van der Waals surface area contributed by atoms with Gasteiger partial charge in [-0.1, -0.05) is 54.8 Å². The molecule has 9 nitrogen and oxygen atoms in total. The van der Waals surface area contributed by atoms with Gasteiger partial charge in [-0.2, -0.15) is 4.37 Å². The first kappa shape index (κ1) is 28.1. The molecule has 3 aromatic rings. The summed E-state index contributed by atoms with van der Waals surface area (Å²) in [5.41, 5.74) is 14.1. The number of nitrogens with two attached hydrogens (primary N) is 2. The molecule has 1 fully saturated rings. The number of amides is 3. The Kier molecular flexibility index (Phi) is 9.19. The number of carbonyl (C=O) groups excluding carboxylic acids is 3.